The summed E-state index contributed by atoms with van der Waals surface area (Å²) < 4.78 is 22.8. The van der Waals surface area contributed by atoms with Gasteiger partial charge in [0.15, 0.2) is 0 Å². The van der Waals surface area contributed by atoms with Gasteiger partial charge in [0.25, 0.3) is 15.0 Å². The Kier molecular flexibility index (Phi) is 4.54. The summed E-state index contributed by atoms with van der Waals surface area (Å²) in [7, 11) is 1.51. The topological polar surface area (TPSA) is 63.2 Å². The van der Waals surface area contributed by atoms with E-state index in [2.05, 4.69) is 5.32 Å². The van der Waals surface area contributed by atoms with E-state index in [1.165, 1.54) is 6.07 Å². The fourth-order valence-electron chi connectivity index (χ4n) is 1.48. The van der Waals surface area contributed by atoms with Crippen LogP contribution in [-0.2, 0) is 15.5 Å². The van der Waals surface area contributed by atoms with Crippen molar-refractivity contribution in [1.29, 1.82) is 0 Å². The molecule has 0 fully saturated rings. The van der Waals surface area contributed by atoms with Gasteiger partial charge in [-0.2, -0.15) is 0 Å². The van der Waals surface area contributed by atoms with Crippen molar-refractivity contribution in [1.82, 2.24) is 5.32 Å². The van der Waals surface area contributed by atoms with Crippen LogP contribution >= 0.6 is 10.7 Å². The van der Waals surface area contributed by atoms with Gasteiger partial charge in [-0.05, 0) is 31.0 Å². The van der Waals surface area contributed by atoms with E-state index in [1.54, 1.807) is 19.1 Å². The highest BCUT2D eigenvalue weighted by atomic mass is 35.7. The number of nitrogens with one attached hydrogen (secondary N) is 1. The fourth-order valence-corrected chi connectivity index (χ4v) is 2.70. The Morgan fingerprint density at radius 2 is 2.00 bits per heavy atom. The Bertz CT molecular complexity index is 526. The van der Waals surface area contributed by atoms with Crippen molar-refractivity contribution >= 4 is 25.6 Å². The van der Waals surface area contributed by atoms with Crippen LogP contribution < -0.4 is 5.32 Å². The SMILES string of the molecule is CCNC(=O)c1ccc(CC)c(S(=O)(=O)Cl)c1. The molecule has 1 aromatic rings. The van der Waals surface area contributed by atoms with Crippen LogP contribution in [0.3, 0.4) is 0 Å². The van der Waals surface area contributed by atoms with Gasteiger partial charge in [0.2, 0.25) is 0 Å². The highest BCUT2D eigenvalue weighted by Crippen LogP contribution is 2.22. The first-order valence-corrected chi connectivity index (χ1v) is 7.56. The van der Waals surface area contributed by atoms with Crippen LogP contribution in [0, 0.1) is 0 Å². The van der Waals surface area contributed by atoms with Crippen molar-refractivity contribution in [3.8, 4) is 0 Å². The minimum absolute atomic E-state index is 0.00502. The number of carbonyl (C=O) groups is 1. The Morgan fingerprint density at radius 3 is 2.47 bits per heavy atom. The zero-order chi connectivity index (χ0) is 13.1. The normalized spacial score (nSPS) is 11.2. The number of aryl methyl sites for hydroxylation is 1. The van der Waals surface area contributed by atoms with Crippen molar-refractivity contribution in [2.75, 3.05) is 6.54 Å². The highest BCUT2D eigenvalue weighted by molar-refractivity contribution is 8.13. The molecule has 17 heavy (non-hydrogen) atoms. The fraction of sp³-hybridized carbons (Fsp3) is 0.364. The largest absolute Gasteiger partial charge is 0.352 e. The second kappa shape index (κ2) is 5.51. The lowest BCUT2D eigenvalue weighted by Gasteiger charge is -2.07. The molecule has 1 aromatic carbocycles. The molecule has 6 heteroatoms. The number of amides is 1. The van der Waals surface area contributed by atoms with Crippen LogP contribution in [-0.4, -0.2) is 20.9 Å². The molecule has 0 spiro atoms. The van der Waals surface area contributed by atoms with Gasteiger partial charge in [0.1, 0.15) is 0 Å². The molecular formula is C11H14ClNO3S. The average Bonchev–Trinajstić information content (AvgIpc) is 2.27. The van der Waals surface area contributed by atoms with Gasteiger partial charge in [-0.15, -0.1) is 0 Å². The summed E-state index contributed by atoms with van der Waals surface area (Å²) in [5.74, 6) is -0.309. The van der Waals surface area contributed by atoms with E-state index in [0.717, 1.165) is 0 Å². The molecule has 0 atom stereocenters. The summed E-state index contributed by atoms with van der Waals surface area (Å²) in [6, 6.07) is 4.52. The lowest BCUT2D eigenvalue weighted by Crippen LogP contribution is -2.22. The lowest BCUT2D eigenvalue weighted by atomic mass is 10.1. The van der Waals surface area contributed by atoms with Gasteiger partial charge in [-0.25, -0.2) is 8.42 Å². The molecule has 0 aliphatic rings. The maximum Gasteiger partial charge on any atom is 0.261 e. The van der Waals surface area contributed by atoms with Crippen LogP contribution in [0.15, 0.2) is 23.1 Å². The molecule has 0 aliphatic carbocycles. The number of carbonyl (C=O) groups excluding carboxylic acids is 1. The van der Waals surface area contributed by atoms with E-state index in [4.69, 9.17) is 10.7 Å². The summed E-state index contributed by atoms with van der Waals surface area (Å²) in [5, 5.41) is 2.60. The van der Waals surface area contributed by atoms with E-state index >= 15 is 0 Å². The maximum absolute atomic E-state index is 11.6. The molecule has 0 saturated heterocycles. The third-order valence-corrected chi connectivity index (χ3v) is 3.71. The molecule has 0 heterocycles. The second-order valence-corrected chi connectivity index (χ2v) is 6.01. The summed E-state index contributed by atoms with van der Waals surface area (Å²) in [4.78, 5) is 11.6. The molecule has 1 N–H and O–H groups in total. The van der Waals surface area contributed by atoms with E-state index in [1.807, 2.05) is 6.92 Å². The molecule has 0 aliphatic heterocycles. The molecule has 0 radical (unpaired) electrons. The lowest BCUT2D eigenvalue weighted by molar-refractivity contribution is 0.0955. The van der Waals surface area contributed by atoms with Crippen LogP contribution in [0.1, 0.15) is 29.8 Å². The van der Waals surface area contributed by atoms with Gasteiger partial charge in [0.05, 0.1) is 4.90 Å². The summed E-state index contributed by atoms with van der Waals surface area (Å²) in [5.41, 5.74) is 0.899. The molecule has 4 nitrogen and oxygen atoms in total. The quantitative estimate of drug-likeness (QED) is 0.854. The van der Waals surface area contributed by atoms with Crippen molar-refractivity contribution in [2.45, 2.75) is 25.2 Å². The molecule has 94 valence electrons. The minimum Gasteiger partial charge on any atom is -0.352 e. The first-order valence-electron chi connectivity index (χ1n) is 5.26. The van der Waals surface area contributed by atoms with Crippen molar-refractivity contribution in [2.24, 2.45) is 0 Å². The number of hydrogen-bond acceptors (Lipinski definition) is 3. The maximum atomic E-state index is 11.6. The van der Waals surface area contributed by atoms with Crippen LogP contribution in [0.2, 0.25) is 0 Å². The second-order valence-electron chi connectivity index (χ2n) is 3.47. The van der Waals surface area contributed by atoms with Gasteiger partial charge >= 0.3 is 0 Å². The summed E-state index contributed by atoms with van der Waals surface area (Å²) >= 11 is 0. The van der Waals surface area contributed by atoms with Gasteiger partial charge < -0.3 is 5.32 Å². The molecule has 1 rings (SSSR count). The molecule has 0 aromatic heterocycles. The van der Waals surface area contributed by atoms with Crippen molar-refractivity contribution in [3.63, 3.8) is 0 Å². The average molecular weight is 276 g/mol. The zero-order valence-electron chi connectivity index (χ0n) is 9.66. The highest BCUT2D eigenvalue weighted by Gasteiger charge is 2.17. The van der Waals surface area contributed by atoms with Crippen LogP contribution in [0.5, 0.6) is 0 Å². The Labute approximate surface area is 105 Å². The van der Waals surface area contributed by atoms with E-state index in [0.29, 0.717) is 24.1 Å². The standard InChI is InChI=1S/C11H14ClNO3S/c1-3-8-5-6-9(11(14)13-4-2)7-10(8)17(12,15)16/h5-7H,3-4H2,1-2H3,(H,13,14). The number of benzene rings is 1. The zero-order valence-corrected chi connectivity index (χ0v) is 11.2. The van der Waals surface area contributed by atoms with Gasteiger partial charge in [0, 0.05) is 22.8 Å². The first-order chi connectivity index (χ1) is 7.90. The number of rotatable bonds is 4. The summed E-state index contributed by atoms with van der Waals surface area (Å²) in [6.45, 7) is 4.10. The smallest absolute Gasteiger partial charge is 0.261 e. The minimum atomic E-state index is -3.82. The third-order valence-electron chi connectivity index (χ3n) is 2.31. The Balaban J connectivity index is 3.28. The third kappa shape index (κ3) is 3.44. The van der Waals surface area contributed by atoms with Crippen molar-refractivity contribution < 1.29 is 13.2 Å². The number of hydrogen-bond donors (Lipinski definition) is 1. The van der Waals surface area contributed by atoms with Gasteiger partial charge in [-0.1, -0.05) is 13.0 Å². The van der Waals surface area contributed by atoms with E-state index in [-0.39, 0.29) is 10.8 Å². The number of halogens is 1. The Morgan fingerprint density at radius 1 is 1.35 bits per heavy atom. The summed E-state index contributed by atoms with van der Waals surface area (Å²) in [6.07, 6.45) is 0.539. The molecule has 0 bridgehead atoms. The molecular weight excluding hydrogens is 262 g/mol. The van der Waals surface area contributed by atoms with Gasteiger partial charge in [-0.3, -0.25) is 4.79 Å². The molecule has 1 amide bonds. The van der Waals surface area contributed by atoms with Crippen LogP contribution in [0.25, 0.3) is 0 Å². The molecule has 0 unspecified atom stereocenters. The monoisotopic (exact) mass is 275 g/mol. The molecule has 0 saturated carbocycles. The Hall–Kier alpha value is -1.07. The predicted molar refractivity (Wildman–Crippen MR) is 66.9 cm³/mol. The predicted octanol–water partition coefficient (Wildman–Crippen LogP) is 1.93. The first kappa shape index (κ1) is 14.0. The van der Waals surface area contributed by atoms with E-state index < -0.39 is 9.05 Å². The van der Waals surface area contributed by atoms with Crippen molar-refractivity contribution in [3.05, 3.63) is 29.3 Å². The van der Waals surface area contributed by atoms with E-state index in [9.17, 15) is 13.2 Å². The van der Waals surface area contributed by atoms with Crippen LogP contribution in [0.4, 0.5) is 0 Å².